The van der Waals surface area contributed by atoms with Crippen molar-refractivity contribution in [1.29, 1.82) is 0 Å². The average Bonchev–Trinajstić information content (AvgIpc) is 3.24. The van der Waals surface area contributed by atoms with Gasteiger partial charge in [0.2, 0.25) is 11.8 Å². The SMILES string of the molecule is COc1cc(NC(=O)C=Cc2cccs2)ccc1N1CCCC1=O. The predicted molar refractivity (Wildman–Crippen MR) is 96.6 cm³/mol. The smallest absolute Gasteiger partial charge is 0.248 e. The highest BCUT2D eigenvalue weighted by atomic mass is 32.1. The molecule has 2 aromatic rings. The third-order valence-electron chi connectivity index (χ3n) is 3.75. The maximum Gasteiger partial charge on any atom is 0.248 e. The van der Waals surface area contributed by atoms with Crippen LogP contribution < -0.4 is 15.0 Å². The van der Waals surface area contributed by atoms with Crippen LogP contribution in [0.3, 0.4) is 0 Å². The van der Waals surface area contributed by atoms with Gasteiger partial charge >= 0.3 is 0 Å². The maximum absolute atomic E-state index is 12.0. The van der Waals surface area contributed by atoms with Gasteiger partial charge in [0, 0.05) is 35.7 Å². The molecule has 0 atom stereocenters. The summed E-state index contributed by atoms with van der Waals surface area (Å²) in [4.78, 5) is 26.6. The summed E-state index contributed by atoms with van der Waals surface area (Å²) in [6.45, 7) is 0.699. The Hall–Kier alpha value is -2.60. The normalized spacial score (nSPS) is 14.4. The number of amides is 2. The van der Waals surface area contributed by atoms with Crippen LogP contribution in [0.4, 0.5) is 11.4 Å². The summed E-state index contributed by atoms with van der Waals surface area (Å²) in [7, 11) is 1.56. The Morgan fingerprint density at radius 1 is 1.38 bits per heavy atom. The fraction of sp³-hybridized carbons (Fsp3) is 0.222. The molecule has 1 aliphatic heterocycles. The number of rotatable bonds is 5. The number of nitrogens with one attached hydrogen (secondary N) is 1. The van der Waals surface area contributed by atoms with Crippen LogP contribution in [0.15, 0.2) is 41.8 Å². The summed E-state index contributed by atoms with van der Waals surface area (Å²) >= 11 is 1.57. The summed E-state index contributed by atoms with van der Waals surface area (Å²) in [6.07, 6.45) is 4.69. The van der Waals surface area contributed by atoms with E-state index in [0.29, 0.717) is 24.4 Å². The highest BCUT2D eigenvalue weighted by Gasteiger charge is 2.24. The zero-order valence-corrected chi connectivity index (χ0v) is 14.1. The molecule has 2 heterocycles. The maximum atomic E-state index is 12.0. The van der Waals surface area contributed by atoms with E-state index in [1.807, 2.05) is 17.5 Å². The van der Waals surface area contributed by atoms with Crippen LogP contribution in [0, 0.1) is 0 Å². The van der Waals surface area contributed by atoms with Crippen LogP contribution in [0.5, 0.6) is 5.75 Å². The predicted octanol–water partition coefficient (Wildman–Crippen LogP) is 3.54. The fourth-order valence-corrected chi connectivity index (χ4v) is 3.23. The van der Waals surface area contributed by atoms with Crippen LogP contribution >= 0.6 is 11.3 Å². The van der Waals surface area contributed by atoms with E-state index in [0.717, 1.165) is 17.0 Å². The van der Waals surface area contributed by atoms with Crippen molar-refractivity contribution >= 4 is 40.6 Å². The second-order valence-electron chi connectivity index (χ2n) is 5.37. The zero-order valence-electron chi connectivity index (χ0n) is 13.3. The topological polar surface area (TPSA) is 58.6 Å². The number of ether oxygens (including phenoxy) is 1. The molecule has 0 bridgehead atoms. The first-order valence-electron chi connectivity index (χ1n) is 7.68. The van der Waals surface area contributed by atoms with Gasteiger partial charge in [-0.25, -0.2) is 0 Å². The molecule has 6 heteroatoms. The van der Waals surface area contributed by atoms with Crippen molar-refractivity contribution in [3.05, 3.63) is 46.7 Å². The number of carbonyl (C=O) groups is 2. The van der Waals surface area contributed by atoms with E-state index in [9.17, 15) is 9.59 Å². The van der Waals surface area contributed by atoms with E-state index in [1.165, 1.54) is 6.08 Å². The molecule has 1 fully saturated rings. The number of nitrogens with zero attached hydrogens (tertiary/aromatic N) is 1. The van der Waals surface area contributed by atoms with Gasteiger partial charge in [0.25, 0.3) is 0 Å². The van der Waals surface area contributed by atoms with E-state index < -0.39 is 0 Å². The van der Waals surface area contributed by atoms with E-state index in [1.54, 1.807) is 47.6 Å². The minimum absolute atomic E-state index is 0.101. The largest absolute Gasteiger partial charge is 0.494 e. The minimum atomic E-state index is -0.213. The second kappa shape index (κ2) is 7.31. The third-order valence-corrected chi connectivity index (χ3v) is 4.59. The molecule has 0 aliphatic carbocycles. The highest BCUT2D eigenvalue weighted by molar-refractivity contribution is 7.10. The van der Waals surface area contributed by atoms with Crippen molar-refractivity contribution in [2.24, 2.45) is 0 Å². The van der Waals surface area contributed by atoms with Gasteiger partial charge in [0.15, 0.2) is 0 Å². The van der Waals surface area contributed by atoms with Crippen molar-refractivity contribution in [2.75, 3.05) is 23.9 Å². The lowest BCUT2D eigenvalue weighted by molar-refractivity contribution is -0.117. The first-order chi connectivity index (χ1) is 11.7. The highest BCUT2D eigenvalue weighted by Crippen LogP contribution is 2.33. The number of anilines is 2. The summed E-state index contributed by atoms with van der Waals surface area (Å²) in [5.74, 6) is 0.463. The van der Waals surface area contributed by atoms with Gasteiger partial charge in [-0.1, -0.05) is 6.07 Å². The molecule has 1 aliphatic rings. The summed E-state index contributed by atoms with van der Waals surface area (Å²) in [6, 6.07) is 9.20. The summed E-state index contributed by atoms with van der Waals surface area (Å²) in [5, 5.41) is 4.76. The Balaban J connectivity index is 1.72. The Bertz CT molecular complexity index is 769. The van der Waals surface area contributed by atoms with Crippen LogP contribution in [-0.2, 0) is 9.59 Å². The fourth-order valence-electron chi connectivity index (χ4n) is 2.61. The lowest BCUT2D eigenvalue weighted by atomic mass is 10.2. The van der Waals surface area contributed by atoms with E-state index in [4.69, 9.17) is 4.74 Å². The zero-order chi connectivity index (χ0) is 16.9. The van der Waals surface area contributed by atoms with E-state index >= 15 is 0 Å². The van der Waals surface area contributed by atoms with E-state index in [2.05, 4.69) is 5.32 Å². The molecule has 1 N–H and O–H groups in total. The molecule has 1 aromatic heterocycles. The first kappa shape index (κ1) is 16.3. The van der Waals surface area contributed by atoms with Crippen molar-refractivity contribution < 1.29 is 14.3 Å². The van der Waals surface area contributed by atoms with Crippen molar-refractivity contribution in [3.8, 4) is 5.75 Å². The van der Waals surface area contributed by atoms with Gasteiger partial charge in [0.1, 0.15) is 5.75 Å². The Morgan fingerprint density at radius 2 is 2.25 bits per heavy atom. The molecule has 0 radical (unpaired) electrons. The van der Waals surface area contributed by atoms with Crippen LogP contribution in [0.1, 0.15) is 17.7 Å². The Morgan fingerprint density at radius 3 is 2.92 bits per heavy atom. The Labute approximate surface area is 144 Å². The molecular weight excluding hydrogens is 324 g/mol. The minimum Gasteiger partial charge on any atom is -0.494 e. The quantitative estimate of drug-likeness (QED) is 0.846. The molecule has 0 spiro atoms. The van der Waals surface area contributed by atoms with Gasteiger partial charge in [-0.3, -0.25) is 9.59 Å². The van der Waals surface area contributed by atoms with Crippen molar-refractivity contribution in [3.63, 3.8) is 0 Å². The van der Waals surface area contributed by atoms with Crippen molar-refractivity contribution in [2.45, 2.75) is 12.8 Å². The van der Waals surface area contributed by atoms with Crippen LogP contribution in [-0.4, -0.2) is 25.5 Å². The molecule has 124 valence electrons. The lowest BCUT2D eigenvalue weighted by Gasteiger charge is -2.19. The summed E-state index contributed by atoms with van der Waals surface area (Å²) < 4.78 is 5.39. The van der Waals surface area contributed by atoms with Gasteiger partial charge in [-0.05, 0) is 36.1 Å². The Kier molecular flexibility index (Phi) is 4.96. The molecular formula is C18H18N2O3S. The number of hydrogen-bond acceptors (Lipinski definition) is 4. The summed E-state index contributed by atoms with van der Waals surface area (Å²) in [5.41, 5.74) is 1.37. The first-order valence-corrected chi connectivity index (χ1v) is 8.56. The number of carbonyl (C=O) groups excluding carboxylic acids is 2. The molecule has 0 saturated carbocycles. The third kappa shape index (κ3) is 3.65. The number of hydrogen-bond donors (Lipinski definition) is 1. The van der Waals surface area contributed by atoms with Gasteiger partial charge < -0.3 is 15.0 Å². The van der Waals surface area contributed by atoms with Gasteiger partial charge in [0.05, 0.1) is 12.8 Å². The van der Waals surface area contributed by atoms with Crippen LogP contribution in [0.25, 0.3) is 6.08 Å². The molecule has 24 heavy (non-hydrogen) atoms. The lowest BCUT2D eigenvalue weighted by Crippen LogP contribution is -2.24. The number of benzene rings is 1. The molecule has 1 saturated heterocycles. The van der Waals surface area contributed by atoms with Gasteiger partial charge in [-0.2, -0.15) is 0 Å². The molecule has 2 amide bonds. The molecule has 5 nitrogen and oxygen atoms in total. The standard InChI is InChI=1S/C18H18N2O3S/c1-23-16-12-13(6-8-15(16)20-10-2-5-18(20)22)19-17(21)9-7-14-4-3-11-24-14/h3-4,6-9,11-12H,2,5,10H2,1H3,(H,19,21). The van der Waals surface area contributed by atoms with Gasteiger partial charge in [-0.15, -0.1) is 11.3 Å². The number of methoxy groups -OCH3 is 1. The molecule has 3 rings (SSSR count). The monoisotopic (exact) mass is 342 g/mol. The molecule has 0 unspecified atom stereocenters. The average molecular weight is 342 g/mol. The van der Waals surface area contributed by atoms with Crippen molar-refractivity contribution in [1.82, 2.24) is 0 Å². The van der Waals surface area contributed by atoms with E-state index in [-0.39, 0.29) is 11.8 Å². The second-order valence-corrected chi connectivity index (χ2v) is 6.35. The van der Waals surface area contributed by atoms with Crippen LogP contribution in [0.2, 0.25) is 0 Å². The molecule has 1 aromatic carbocycles. The number of thiophene rings is 1.